The highest BCUT2D eigenvalue weighted by atomic mass is 15.1. The van der Waals surface area contributed by atoms with Gasteiger partial charge in [0, 0.05) is 44.5 Å². The Morgan fingerprint density at radius 1 is 0.403 bits per heavy atom. The lowest BCUT2D eigenvalue weighted by atomic mass is 9.80. The van der Waals surface area contributed by atoms with Gasteiger partial charge >= 0.3 is 0 Å². The summed E-state index contributed by atoms with van der Waals surface area (Å²) in [6.07, 6.45) is 6.92. The van der Waals surface area contributed by atoms with Crippen molar-refractivity contribution in [1.29, 1.82) is 0 Å². The van der Waals surface area contributed by atoms with Crippen LogP contribution in [0.25, 0.3) is 73.1 Å². The van der Waals surface area contributed by atoms with Crippen molar-refractivity contribution in [3.63, 3.8) is 0 Å². The zero-order valence-corrected chi connectivity index (χ0v) is 38.3. The first-order valence-corrected chi connectivity index (χ1v) is 23.5. The van der Waals surface area contributed by atoms with E-state index in [1.807, 2.05) is 60.7 Å². The molecule has 3 aliphatic carbocycles. The van der Waals surface area contributed by atoms with Crippen molar-refractivity contribution in [2.24, 2.45) is 0 Å². The summed E-state index contributed by atoms with van der Waals surface area (Å²) < 4.78 is 0. The first-order chi connectivity index (χ1) is 32.7. The molecule has 0 unspecified atom stereocenters. The molecule has 1 aromatic heterocycles. The van der Waals surface area contributed by atoms with Crippen LogP contribution in [0.4, 0.5) is 17.1 Å². The molecule has 0 radical (unpaired) electrons. The number of anilines is 3. The first kappa shape index (κ1) is 40.6. The Bertz CT molecular complexity index is 3360. The van der Waals surface area contributed by atoms with E-state index >= 15 is 0 Å². The van der Waals surface area contributed by atoms with Gasteiger partial charge in [-0.3, -0.25) is 0 Å². The zero-order valence-electron chi connectivity index (χ0n) is 38.3. The highest BCUT2D eigenvalue weighted by molar-refractivity contribution is 5.97. The van der Waals surface area contributed by atoms with Crippen LogP contribution in [-0.2, 0) is 10.8 Å². The van der Waals surface area contributed by atoms with Gasteiger partial charge in [-0.2, -0.15) is 0 Å². The van der Waals surface area contributed by atoms with Gasteiger partial charge in [0.2, 0.25) is 0 Å². The molecule has 0 bridgehead atoms. The van der Waals surface area contributed by atoms with Crippen molar-refractivity contribution in [2.45, 2.75) is 51.4 Å². The summed E-state index contributed by atoms with van der Waals surface area (Å²) in [6.45, 7) is 9.55. The van der Waals surface area contributed by atoms with Crippen LogP contribution in [0.5, 0.6) is 0 Å². The van der Waals surface area contributed by atoms with Gasteiger partial charge in [-0.1, -0.05) is 198 Å². The minimum Gasteiger partial charge on any atom is -0.310 e. The van der Waals surface area contributed by atoms with E-state index in [1.165, 1.54) is 72.6 Å². The van der Waals surface area contributed by atoms with E-state index in [0.717, 1.165) is 40.8 Å². The van der Waals surface area contributed by atoms with Crippen molar-refractivity contribution in [1.82, 2.24) is 15.0 Å². The second-order valence-electron chi connectivity index (χ2n) is 19.1. The third-order valence-corrected chi connectivity index (χ3v) is 14.4. The molecule has 322 valence electrons. The Balaban J connectivity index is 0.940. The second kappa shape index (κ2) is 15.9. The molecular formula is C63H50N4. The summed E-state index contributed by atoms with van der Waals surface area (Å²) in [6, 6.07) is 69.9. The Morgan fingerprint density at radius 2 is 0.896 bits per heavy atom. The van der Waals surface area contributed by atoms with E-state index in [2.05, 4.69) is 178 Å². The summed E-state index contributed by atoms with van der Waals surface area (Å²) in [5, 5.41) is 0. The van der Waals surface area contributed by atoms with Crippen LogP contribution < -0.4 is 4.90 Å². The molecule has 0 fully saturated rings. The number of hydrogen-bond acceptors (Lipinski definition) is 4. The highest BCUT2D eigenvalue weighted by Gasteiger charge is 2.40. The molecular weight excluding hydrogens is 813 g/mol. The van der Waals surface area contributed by atoms with Gasteiger partial charge < -0.3 is 4.90 Å². The highest BCUT2D eigenvalue weighted by Crippen LogP contribution is 2.56. The SMILES string of the molecule is CC1(C)C2=C(CCC=C2)c2ccc(N(c3ccc(-c4ccccc4)cc3)c3cccc4c3-c3ccc(-c5ccc(-c6nc(-c7ccccc7)nc(-c7ccccc7)n6)cc5)cc3C4(C)C)cc21. The van der Waals surface area contributed by atoms with Gasteiger partial charge in [0.25, 0.3) is 0 Å². The van der Waals surface area contributed by atoms with Crippen molar-refractivity contribution < 1.29 is 0 Å². The third kappa shape index (κ3) is 6.86. The summed E-state index contributed by atoms with van der Waals surface area (Å²) in [5.41, 5.74) is 21.8. The van der Waals surface area contributed by atoms with Crippen LogP contribution in [0, 0.1) is 0 Å². The molecule has 0 atom stereocenters. The summed E-state index contributed by atoms with van der Waals surface area (Å²) >= 11 is 0. The number of allylic oxidation sites excluding steroid dienone is 4. The van der Waals surface area contributed by atoms with Crippen molar-refractivity contribution >= 4 is 22.6 Å². The topological polar surface area (TPSA) is 41.9 Å². The number of fused-ring (bicyclic) bond motifs is 5. The molecule has 9 aromatic rings. The molecule has 1 heterocycles. The number of hydrogen-bond donors (Lipinski definition) is 0. The Hall–Kier alpha value is -7.95. The maximum Gasteiger partial charge on any atom is 0.164 e. The molecule has 8 aromatic carbocycles. The lowest BCUT2D eigenvalue weighted by molar-refractivity contribution is 0.651. The largest absolute Gasteiger partial charge is 0.310 e. The van der Waals surface area contributed by atoms with E-state index in [0.29, 0.717) is 17.5 Å². The maximum absolute atomic E-state index is 4.99. The smallest absolute Gasteiger partial charge is 0.164 e. The lowest BCUT2D eigenvalue weighted by Crippen LogP contribution is -2.18. The Morgan fingerprint density at radius 3 is 1.54 bits per heavy atom. The number of aromatic nitrogens is 3. The summed E-state index contributed by atoms with van der Waals surface area (Å²) in [5.74, 6) is 1.96. The monoisotopic (exact) mass is 862 g/mol. The predicted molar refractivity (Wildman–Crippen MR) is 278 cm³/mol. The Labute approximate surface area is 393 Å². The average Bonchev–Trinajstić information content (AvgIpc) is 3.76. The maximum atomic E-state index is 4.99. The van der Waals surface area contributed by atoms with Gasteiger partial charge in [-0.05, 0) is 110 Å². The van der Waals surface area contributed by atoms with Crippen LogP contribution in [0.2, 0.25) is 0 Å². The minimum absolute atomic E-state index is 0.0796. The van der Waals surface area contributed by atoms with Crippen LogP contribution in [0.3, 0.4) is 0 Å². The molecule has 4 heteroatoms. The van der Waals surface area contributed by atoms with Gasteiger partial charge in [0.1, 0.15) is 0 Å². The standard InChI is InChI=1S/C63H50N4/c1-62(2)53-24-15-14-23-50(53)51-38-36-49(40-56(51)62)67(48-34-31-42(32-35-48)41-17-8-5-9-18-41)57-26-16-25-54-58(57)52-37-33-47(39-55(52)63(54,3)4)43-27-29-46(30-28-43)61-65-59(44-19-10-6-11-20-44)64-60(66-61)45-21-12-7-13-22-45/h5-13,15-22,24-40H,14,23H2,1-4H3. The third-order valence-electron chi connectivity index (χ3n) is 14.4. The average molecular weight is 863 g/mol. The van der Waals surface area contributed by atoms with Crippen LogP contribution in [0.1, 0.15) is 62.8 Å². The molecule has 12 rings (SSSR count). The minimum atomic E-state index is -0.235. The summed E-state index contributed by atoms with van der Waals surface area (Å²) in [4.78, 5) is 17.4. The molecule has 0 aliphatic heterocycles. The fraction of sp³-hybridized carbons (Fsp3) is 0.127. The van der Waals surface area contributed by atoms with E-state index in [9.17, 15) is 0 Å². The Kier molecular flexibility index (Phi) is 9.62. The van der Waals surface area contributed by atoms with Crippen LogP contribution >= 0.6 is 0 Å². The fourth-order valence-corrected chi connectivity index (χ4v) is 10.9. The summed E-state index contributed by atoms with van der Waals surface area (Å²) in [7, 11) is 0. The van der Waals surface area contributed by atoms with Crippen molar-refractivity contribution in [2.75, 3.05) is 4.90 Å². The quantitative estimate of drug-likeness (QED) is 0.153. The van der Waals surface area contributed by atoms with E-state index in [-0.39, 0.29) is 10.8 Å². The number of rotatable bonds is 8. The molecule has 0 N–H and O–H groups in total. The molecule has 0 spiro atoms. The molecule has 0 saturated heterocycles. The van der Waals surface area contributed by atoms with Crippen molar-refractivity contribution in [3.8, 4) is 67.5 Å². The molecule has 0 saturated carbocycles. The lowest BCUT2D eigenvalue weighted by Gasteiger charge is -2.31. The predicted octanol–water partition coefficient (Wildman–Crippen LogP) is 16.4. The van der Waals surface area contributed by atoms with Gasteiger partial charge in [-0.15, -0.1) is 0 Å². The van der Waals surface area contributed by atoms with Gasteiger partial charge in [0.15, 0.2) is 17.5 Å². The first-order valence-electron chi connectivity index (χ1n) is 23.5. The zero-order chi connectivity index (χ0) is 45.3. The molecule has 3 aliphatic rings. The van der Waals surface area contributed by atoms with Gasteiger partial charge in [-0.25, -0.2) is 15.0 Å². The molecule has 4 nitrogen and oxygen atoms in total. The van der Waals surface area contributed by atoms with Crippen LogP contribution in [-0.4, -0.2) is 15.0 Å². The number of nitrogens with zero attached hydrogens (tertiary/aromatic N) is 4. The second-order valence-corrected chi connectivity index (χ2v) is 19.1. The number of benzene rings is 8. The fourth-order valence-electron chi connectivity index (χ4n) is 10.9. The van der Waals surface area contributed by atoms with E-state index < -0.39 is 0 Å². The van der Waals surface area contributed by atoms with Crippen molar-refractivity contribution in [3.05, 3.63) is 234 Å². The normalized spacial score (nSPS) is 14.9. The van der Waals surface area contributed by atoms with Gasteiger partial charge in [0.05, 0.1) is 5.69 Å². The molecule has 67 heavy (non-hydrogen) atoms. The van der Waals surface area contributed by atoms with E-state index in [4.69, 9.17) is 15.0 Å². The molecule has 0 amide bonds. The van der Waals surface area contributed by atoms with E-state index in [1.54, 1.807) is 0 Å². The van der Waals surface area contributed by atoms with Crippen LogP contribution in [0.15, 0.2) is 212 Å².